The summed E-state index contributed by atoms with van der Waals surface area (Å²) in [5.41, 5.74) is 0.319. The Morgan fingerprint density at radius 1 is 1.36 bits per heavy atom. The summed E-state index contributed by atoms with van der Waals surface area (Å²) in [6.45, 7) is 4.46. The molecule has 2 aromatic rings. The Morgan fingerprint density at radius 2 is 2.14 bits per heavy atom. The molecule has 1 fully saturated rings. The van der Waals surface area contributed by atoms with Gasteiger partial charge in [0.15, 0.2) is 11.6 Å². The Morgan fingerprint density at radius 3 is 2.79 bits per heavy atom. The number of hydrogen-bond acceptors (Lipinski definition) is 5. The smallest absolute Gasteiger partial charge is 0.252 e. The molecule has 1 aromatic carbocycles. The highest BCUT2D eigenvalue weighted by atomic mass is 32.2. The van der Waals surface area contributed by atoms with Gasteiger partial charge < -0.3 is 10.1 Å². The van der Waals surface area contributed by atoms with Crippen molar-refractivity contribution in [2.24, 2.45) is 5.92 Å². The first kappa shape index (κ1) is 20.8. The van der Waals surface area contributed by atoms with Gasteiger partial charge in [0.25, 0.3) is 10.0 Å². The molecule has 1 unspecified atom stereocenters. The van der Waals surface area contributed by atoms with Crippen LogP contribution in [0.2, 0.25) is 0 Å². The van der Waals surface area contributed by atoms with Crippen molar-refractivity contribution in [3.63, 3.8) is 0 Å². The summed E-state index contributed by atoms with van der Waals surface area (Å²) >= 11 is 1.22. The van der Waals surface area contributed by atoms with E-state index in [1.54, 1.807) is 25.1 Å². The van der Waals surface area contributed by atoms with Crippen LogP contribution in [0.25, 0.3) is 0 Å². The van der Waals surface area contributed by atoms with Crippen molar-refractivity contribution in [1.82, 2.24) is 4.31 Å². The minimum Gasteiger partial charge on any atom is -0.491 e. The average molecular weight is 427 g/mol. The summed E-state index contributed by atoms with van der Waals surface area (Å²) in [4.78, 5) is 13.5. The lowest BCUT2D eigenvalue weighted by Gasteiger charge is -2.30. The maximum atomic E-state index is 14.0. The molecule has 0 radical (unpaired) electrons. The van der Waals surface area contributed by atoms with Crippen LogP contribution in [0.4, 0.5) is 10.1 Å². The minimum absolute atomic E-state index is 0.116. The number of aryl methyl sites for hydroxylation is 1. The van der Waals surface area contributed by atoms with Crippen molar-refractivity contribution in [1.29, 1.82) is 0 Å². The second-order valence-electron chi connectivity index (χ2n) is 6.63. The number of carbonyl (C=O) groups excluding carboxylic acids is 1. The van der Waals surface area contributed by atoms with E-state index in [2.05, 4.69) is 5.32 Å². The number of nitrogens with zero attached hydrogens (tertiary/aromatic N) is 1. The quantitative estimate of drug-likeness (QED) is 0.765. The Kier molecular flexibility index (Phi) is 6.36. The Balaban J connectivity index is 1.68. The van der Waals surface area contributed by atoms with Crippen molar-refractivity contribution in [2.75, 3.05) is 25.0 Å². The van der Waals surface area contributed by atoms with Gasteiger partial charge in [0.05, 0.1) is 12.5 Å². The summed E-state index contributed by atoms with van der Waals surface area (Å²) in [6, 6.07) is 7.60. The fraction of sp³-hybridized carbons (Fsp3) is 0.421. The molecular formula is C19H23FN2O4S2. The largest absolute Gasteiger partial charge is 0.491 e. The molecule has 1 amide bonds. The van der Waals surface area contributed by atoms with E-state index in [4.69, 9.17) is 4.74 Å². The number of anilines is 1. The molecular weight excluding hydrogens is 403 g/mol. The van der Waals surface area contributed by atoms with Crippen molar-refractivity contribution in [3.8, 4) is 5.75 Å². The Hall–Kier alpha value is -1.97. The number of benzene rings is 1. The van der Waals surface area contributed by atoms with Crippen LogP contribution in [-0.2, 0) is 14.8 Å². The number of piperidine rings is 1. The van der Waals surface area contributed by atoms with E-state index in [1.807, 2.05) is 6.92 Å². The van der Waals surface area contributed by atoms with Gasteiger partial charge in [-0.1, -0.05) is 0 Å². The minimum atomic E-state index is -3.60. The van der Waals surface area contributed by atoms with Gasteiger partial charge in [0.1, 0.15) is 4.21 Å². The van der Waals surface area contributed by atoms with Crippen molar-refractivity contribution in [3.05, 3.63) is 41.0 Å². The molecule has 0 saturated carbocycles. The second kappa shape index (κ2) is 8.59. The first-order valence-corrected chi connectivity index (χ1v) is 11.4. The molecule has 1 atom stereocenters. The standard InChI is InChI=1S/C19H23FN2O4S2/c1-3-26-17-8-7-15(11-16(17)20)21-19(23)14-5-4-10-22(12-14)28(24,25)18-9-6-13(2)27-18/h6-9,11,14H,3-5,10,12H2,1-2H3,(H,21,23). The SMILES string of the molecule is CCOc1ccc(NC(=O)C2CCCN(S(=O)(=O)c3ccc(C)s3)C2)cc1F. The average Bonchev–Trinajstić information content (AvgIpc) is 3.11. The lowest BCUT2D eigenvalue weighted by Crippen LogP contribution is -2.43. The van der Waals surface area contributed by atoms with Crippen molar-refractivity contribution >= 4 is 33.0 Å². The number of nitrogens with one attached hydrogen (secondary N) is 1. The molecule has 9 heteroatoms. The lowest BCUT2D eigenvalue weighted by molar-refractivity contribution is -0.120. The number of sulfonamides is 1. The fourth-order valence-corrected chi connectivity index (χ4v) is 6.11. The molecule has 2 heterocycles. The van der Waals surface area contributed by atoms with E-state index in [1.165, 1.54) is 27.8 Å². The van der Waals surface area contributed by atoms with E-state index in [-0.39, 0.29) is 18.2 Å². The van der Waals surface area contributed by atoms with Gasteiger partial charge >= 0.3 is 0 Å². The molecule has 1 saturated heterocycles. The third-order valence-corrected chi connectivity index (χ3v) is 7.90. The first-order chi connectivity index (χ1) is 13.3. The highest BCUT2D eigenvalue weighted by molar-refractivity contribution is 7.91. The van der Waals surface area contributed by atoms with Crippen LogP contribution in [-0.4, -0.2) is 38.3 Å². The van der Waals surface area contributed by atoms with Gasteiger partial charge in [0.2, 0.25) is 5.91 Å². The van der Waals surface area contributed by atoms with E-state index in [0.717, 1.165) is 4.88 Å². The number of carbonyl (C=O) groups is 1. The zero-order chi connectivity index (χ0) is 20.3. The third kappa shape index (κ3) is 4.53. The highest BCUT2D eigenvalue weighted by Gasteiger charge is 2.34. The van der Waals surface area contributed by atoms with Crippen LogP contribution in [0.1, 0.15) is 24.6 Å². The van der Waals surface area contributed by atoms with E-state index in [9.17, 15) is 17.6 Å². The Labute approximate surface area is 168 Å². The predicted octanol–water partition coefficient (Wildman–Crippen LogP) is 3.63. The number of rotatable bonds is 6. The normalized spacial score (nSPS) is 18.0. The van der Waals surface area contributed by atoms with Crippen molar-refractivity contribution < 1.29 is 22.3 Å². The van der Waals surface area contributed by atoms with Crippen LogP contribution in [0, 0.1) is 18.7 Å². The zero-order valence-corrected chi connectivity index (χ0v) is 17.4. The molecule has 0 bridgehead atoms. The first-order valence-electron chi connectivity index (χ1n) is 9.11. The third-order valence-electron chi connectivity index (χ3n) is 4.56. The van der Waals surface area contributed by atoms with Gasteiger partial charge in [-0.25, -0.2) is 12.8 Å². The van der Waals surface area contributed by atoms with E-state index >= 15 is 0 Å². The molecule has 6 nitrogen and oxygen atoms in total. The summed E-state index contributed by atoms with van der Waals surface area (Å²) in [7, 11) is -3.60. The maximum Gasteiger partial charge on any atom is 0.252 e. The Bertz CT molecular complexity index is 959. The molecule has 1 aromatic heterocycles. The van der Waals surface area contributed by atoms with Gasteiger partial charge in [-0.3, -0.25) is 4.79 Å². The second-order valence-corrected chi connectivity index (χ2v) is 10.1. The molecule has 1 aliphatic rings. The van der Waals surface area contributed by atoms with E-state index < -0.39 is 21.8 Å². The predicted molar refractivity (Wildman–Crippen MR) is 107 cm³/mol. The molecule has 0 aliphatic carbocycles. The fourth-order valence-electron chi connectivity index (χ4n) is 3.15. The summed E-state index contributed by atoms with van der Waals surface area (Å²) in [5, 5.41) is 2.68. The highest BCUT2D eigenvalue weighted by Crippen LogP contribution is 2.29. The van der Waals surface area contributed by atoms with E-state index in [0.29, 0.717) is 35.9 Å². The molecule has 1 N–H and O–H groups in total. The van der Waals surface area contributed by atoms with Gasteiger partial charge in [0, 0.05) is 29.7 Å². The topological polar surface area (TPSA) is 75.7 Å². The summed E-state index contributed by atoms with van der Waals surface area (Å²) < 4.78 is 46.4. The van der Waals surface area contributed by atoms with Crippen LogP contribution in [0.5, 0.6) is 5.75 Å². The summed E-state index contributed by atoms with van der Waals surface area (Å²) in [6.07, 6.45) is 1.18. The lowest BCUT2D eigenvalue weighted by atomic mass is 9.98. The molecule has 0 spiro atoms. The molecule has 3 rings (SSSR count). The number of thiophene rings is 1. The number of hydrogen-bond donors (Lipinski definition) is 1. The van der Waals surface area contributed by atoms with Crippen LogP contribution < -0.4 is 10.1 Å². The number of halogens is 1. The number of ether oxygens (including phenoxy) is 1. The van der Waals surface area contributed by atoms with Crippen LogP contribution in [0.15, 0.2) is 34.5 Å². The summed E-state index contributed by atoms with van der Waals surface area (Å²) in [5.74, 6) is -1.23. The van der Waals surface area contributed by atoms with Gasteiger partial charge in [-0.2, -0.15) is 4.31 Å². The van der Waals surface area contributed by atoms with Crippen LogP contribution in [0.3, 0.4) is 0 Å². The molecule has 28 heavy (non-hydrogen) atoms. The van der Waals surface area contributed by atoms with Gasteiger partial charge in [-0.05, 0) is 51.0 Å². The molecule has 1 aliphatic heterocycles. The van der Waals surface area contributed by atoms with Crippen LogP contribution >= 0.6 is 11.3 Å². The zero-order valence-electron chi connectivity index (χ0n) is 15.8. The van der Waals surface area contributed by atoms with Crippen molar-refractivity contribution in [2.45, 2.75) is 30.9 Å². The maximum absolute atomic E-state index is 14.0. The monoisotopic (exact) mass is 426 g/mol. The number of amides is 1. The molecule has 152 valence electrons. The van der Waals surface area contributed by atoms with Gasteiger partial charge in [-0.15, -0.1) is 11.3 Å².